The molecule has 0 amide bonds. The Balaban J connectivity index is 1.64. The van der Waals surface area contributed by atoms with Gasteiger partial charge in [-0.1, -0.05) is 0 Å². The lowest BCUT2D eigenvalue weighted by Crippen LogP contribution is -2.33. The van der Waals surface area contributed by atoms with Crippen molar-refractivity contribution >= 4 is 0 Å². The highest BCUT2D eigenvalue weighted by molar-refractivity contribution is 5.14. The Labute approximate surface area is 125 Å². The molecule has 3 rings (SSSR count). The van der Waals surface area contributed by atoms with E-state index < -0.39 is 12.1 Å². The summed E-state index contributed by atoms with van der Waals surface area (Å²) >= 11 is 0. The normalized spacial score (nSPS) is 18.5. The van der Waals surface area contributed by atoms with Crippen LogP contribution in [0.3, 0.4) is 0 Å². The summed E-state index contributed by atoms with van der Waals surface area (Å²) in [5, 5.41) is 11.1. The summed E-state index contributed by atoms with van der Waals surface area (Å²) in [7, 11) is 0. The molecule has 0 aliphatic carbocycles. The molecule has 1 aliphatic rings. The van der Waals surface area contributed by atoms with Crippen LogP contribution in [0.4, 0.5) is 13.2 Å². The monoisotopic (exact) mass is 314 g/mol. The molecular formula is C14H17F3N4O. The smallest absolute Gasteiger partial charge is 0.393 e. The van der Waals surface area contributed by atoms with Crippen molar-refractivity contribution in [2.24, 2.45) is 5.92 Å². The SMILES string of the molecule is Cc1ccoc1CNCc1nnc2n1CC(C(F)(F)F)CC2. The summed E-state index contributed by atoms with van der Waals surface area (Å²) in [4.78, 5) is 0. The Hall–Kier alpha value is -1.83. The summed E-state index contributed by atoms with van der Waals surface area (Å²) in [6, 6.07) is 1.86. The van der Waals surface area contributed by atoms with Crippen molar-refractivity contribution in [3.05, 3.63) is 35.3 Å². The van der Waals surface area contributed by atoms with Gasteiger partial charge in [0.2, 0.25) is 0 Å². The van der Waals surface area contributed by atoms with Gasteiger partial charge in [-0.15, -0.1) is 10.2 Å². The number of aryl methyl sites for hydroxylation is 2. The Morgan fingerprint density at radius 1 is 1.36 bits per heavy atom. The average molecular weight is 314 g/mol. The third-order valence-corrected chi connectivity index (χ3v) is 4.02. The van der Waals surface area contributed by atoms with E-state index in [0.29, 0.717) is 31.2 Å². The highest BCUT2D eigenvalue weighted by Gasteiger charge is 2.42. The first kappa shape index (κ1) is 15.1. The van der Waals surface area contributed by atoms with Gasteiger partial charge in [-0.25, -0.2) is 0 Å². The fourth-order valence-corrected chi connectivity index (χ4v) is 2.65. The predicted molar refractivity (Wildman–Crippen MR) is 71.9 cm³/mol. The van der Waals surface area contributed by atoms with Gasteiger partial charge < -0.3 is 14.3 Å². The fraction of sp³-hybridized carbons (Fsp3) is 0.571. The number of furan rings is 1. The summed E-state index contributed by atoms with van der Waals surface area (Å²) < 4.78 is 45.5. The zero-order chi connectivity index (χ0) is 15.7. The molecule has 1 atom stereocenters. The molecule has 0 saturated carbocycles. The summed E-state index contributed by atoms with van der Waals surface area (Å²) in [5.74, 6) is 0.660. The quantitative estimate of drug-likeness (QED) is 0.942. The molecule has 8 heteroatoms. The number of hydrogen-bond donors (Lipinski definition) is 1. The molecule has 0 aromatic carbocycles. The molecule has 3 heterocycles. The molecule has 0 radical (unpaired) electrons. The van der Waals surface area contributed by atoms with Crippen molar-refractivity contribution in [2.45, 2.75) is 45.6 Å². The third-order valence-electron chi connectivity index (χ3n) is 4.02. The molecule has 5 nitrogen and oxygen atoms in total. The van der Waals surface area contributed by atoms with Crippen LogP contribution in [0.15, 0.2) is 16.7 Å². The molecule has 1 aliphatic heterocycles. The van der Waals surface area contributed by atoms with Crippen LogP contribution >= 0.6 is 0 Å². The second-order valence-electron chi connectivity index (χ2n) is 5.55. The number of fused-ring (bicyclic) bond motifs is 1. The summed E-state index contributed by atoms with van der Waals surface area (Å²) in [5.41, 5.74) is 1.04. The lowest BCUT2D eigenvalue weighted by Gasteiger charge is -2.26. The summed E-state index contributed by atoms with van der Waals surface area (Å²) in [6.07, 6.45) is -2.16. The van der Waals surface area contributed by atoms with Crippen molar-refractivity contribution in [3.8, 4) is 0 Å². The minimum Gasteiger partial charge on any atom is -0.468 e. The van der Waals surface area contributed by atoms with Crippen LogP contribution in [0.2, 0.25) is 0 Å². The number of rotatable bonds is 4. The van der Waals surface area contributed by atoms with Crippen molar-refractivity contribution in [1.82, 2.24) is 20.1 Å². The topological polar surface area (TPSA) is 55.9 Å². The van der Waals surface area contributed by atoms with E-state index >= 15 is 0 Å². The largest absolute Gasteiger partial charge is 0.468 e. The van der Waals surface area contributed by atoms with Crippen molar-refractivity contribution in [1.29, 1.82) is 0 Å². The van der Waals surface area contributed by atoms with Crippen molar-refractivity contribution in [3.63, 3.8) is 0 Å². The van der Waals surface area contributed by atoms with E-state index in [1.807, 2.05) is 13.0 Å². The highest BCUT2D eigenvalue weighted by atomic mass is 19.4. The Kier molecular flexibility index (Phi) is 3.94. The van der Waals surface area contributed by atoms with Gasteiger partial charge in [-0.3, -0.25) is 0 Å². The standard InChI is InChI=1S/C14H17F3N4O/c1-9-4-5-22-11(9)6-18-7-13-20-19-12-3-2-10(8-21(12)13)14(15,16)17/h4-5,10,18H,2-3,6-8H2,1H3. The van der Waals surface area contributed by atoms with E-state index in [0.717, 1.165) is 11.3 Å². The molecule has 22 heavy (non-hydrogen) atoms. The number of nitrogens with zero attached hydrogens (tertiary/aromatic N) is 3. The van der Waals surface area contributed by atoms with Gasteiger partial charge in [0.25, 0.3) is 0 Å². The van der Waals surface area contributed by atoms with Crippen LogP contribution in [0, 0.1) is 12.8 Å². The van der Waals surface area contributed by atoms with E-state index in [-0.39, 0.29) is 13.0 Å². The zero-order valence-electron chi connectivity index (χ0n) is 12.2. The Morgan fingerprint density at radius 3 is 2.86 bits per heavy atom. The van der Waals surface area contributed by atoms with E-state index in [1.165, 1.54) is 0 Å². The number of aromatic nitrogens is 3. The van der Waals surface area contributed by atoms with Gasteiger partial charge >= 0.3 is 6.18 Å². The van der Waals surface area contributed by atoms with Gasteiger partial charge in [0.15, 0.2) is 0 Å². The van der Waals surface area contributed by atoms with E-state index in [9.17, 15) is 13.2 Å². The summed E-state index contributed by atoms with van der Waals surface area (Å²) in [6.45, 7) is 2.71. The van der Waals surface area contributed by atoms with Crippen LogP contribution < -0.4 is 5.32 Å². The average Bonchev–Trinajstić information content (AvgIpc) is 3.05. The Bertz CT molecular complexity index is 647. The van der Waals surface area contributed by atoms with Crippen LogP contribution in [-0.4, -0.2) is 20.9 Å². The third kappa shape index (κ3) is 3.01. The molecule has 1 N–H and O–H groups in total. The van der Waals surface area contributed by atoms with Gasteiger partial charge in [0.05, 0.1) is 25.3 Å². The van der Waals surface area contributed by atoms with Crippen LogP contribution in [-0.2, 0) is 26.1 Å². The maximum atomic E-state index is 12.9. The molecule has 1 unspecified atom stereocenters. The predicted octanol–water partition coefficient (Wildman–Crippen LogP) is 2.59. The molecule has 0 fully saturated rings. The molecule has 2 aromatic heterocycles. The van der Waals surface area contributed by atoms with Crippen molar-refractivity contribution in [2.75, 3.05) is 0 Å². The molecular weight excluding hydrogens is 297 g/mol. The first-order chi connectivity index (χ1) is 10.4. The maximum absolute atomic E-state index is 12.9. The maximum Gasteiger partial charge on any atom is 0.393 e. The van der Waals surface area contributed by atoms with Crippen molar-refractivity contribution < 1.29 is 17.6 Å². The van der Waals surface area contributed by atoms with Gasteiger partial charge in [-0.2, -0.15) is 13.2 Å². The lowest BCUT2D eigenvalue weighted by molar-refractivity contribution is -0.182. The number of halogens is 3. The zero-order valence-corrected chi connectivity index (χ0v) is 12.2. The minimum absolute atomic E-state index is 0.0840. The molecule has 2 aromatic rings. The van der Waals surface area contributed by atoms with Crippen LogP contribution in [0.25, 0.3) is 0 Å². The van der Waals surface area contributed by atoms with Gasteiger partial charge in [0, 0.05) is 13.0 Å². The first-order valence-electron chi connectivity index (χ1n) is 7.16. The number of hydrogen-bond acceptors (Lipinski definition) is 4. The first-order valence-corrected chi connectivity index (χ1v) is 7.16. The fourth-order valence-electron chi connectivity index (χ4n) is 2.65. The van der Waals surface area contributed by atoms with Gasteiger partial charge in [-0.05, 0) is 25.0 Å². The molecule has 0 spiro atoms. The van der Waals surface area contributed by atoms with E-state index in [2.05, 4.69) is 15.5 Å². The second kappa shape index (κ2) is 5.75. The van der Waals surface area contributed by atoms with Gasteiger partial charge in [0.1, 0.15) is 17.4 Å². The Morgan fingerprint density at radius 2 is 2.18 bits per heavy atom. The number of alkyl halides is 3. The minimum atomic E-state index is -4.17. The molecule has 120 valence electrons. The van der Waals surface area contributed by atoms with E-state index in [4.69, 9.17) is 4.42 Å². The second-order valence-corrected chi connectivity index (χ2v) is 5.55. The highest BCUT2D eigenvalue weighted by Crippen LogP contribution is 2.34. The number of nitrogens with one attached hydrogen (secondary N) is 1. The molecule has 0 bridgehead atoms. The van der Waals surface area contributed by atoms with Crippen LogP contribution in [0.1, 0.15) is 29.4 Å². The lowest BCUT2D eigenvalue weighted by atomic mass is 9.99. The van der Waals surface area contributed by atoms with E-state index in [1.54, 1.807) is 10.8 Å². The van der Waals surface area contributed by atoms with Crippen LogP contribution in [0.5, 0.6) is 0 Å². The molecule has 0 saturated heterocycles.